The first kappa shape index (κ1) is 16.4. The maximum atomic E-state index is 11.9. The van der Waals surface area contributed by atoms with Crippen molar-refractivity contribution in [2.24, 2.45) is 0 Å². The van der Waals surface area contributed by atoms with Gasteiger partial charge < -0.3 is 15.4 Å². The third kappa shape index (κ3) is 5.14. The molecule has 1 aliphatic rings. The molecular formula is C12H22N4O4. The number of likely N-dealkylation sites (N-methyl/N-ethyl adjacent to an activating group) is 1. The molecule has 8 nitrogen and oxygen atoms in total. The Morgan fingerprint density at radius 1 is 1.35 bits per heavy atom. The van der Waals surface area contributed by atoms with Gasteiger partial charge in [-0.05, 0) is 13.8 Å². The Balaban J connectivity index is 2.51. The van der Waals surface area contributed by atoms with E-state index in [9.17, 15) is 14.4 Å². The van der Waals surface area contributed by atoms with E-state index in [0.29, 0.717) is 26.2 Å². The molecule has 0 spiro atoms. The van der Waals surface area contributed by atoms with Crippen molar-refractivity contribution in [1.29, 1.82) is 0 Å². The molecule has 1 aliphatic heterocycles. The molecule has 0 aromatic carbocycles. The van der Waals surface area contributed by atoms with Crippen LogP contribution in [-0.2, 0) is 14.3 Å². The van der Waals surface area contributed by atoms with E-state index in [2.05, 4.69) is 20.7 Å². The number of ether oxygens (including phenoxy) is 1. The van der Waals surface area contributed by atoms with Gasteiger partial charge in [0.25, 0.3) is 0 Å². The van der Waals surface area contributed by atoms with E-state index in [4.69, 9.17) is 0 Å². The van der Waals surface area contributed by atoms with Crippen LogP contribution in [0.3, 0.4) is 0 Å². The van der Waals surface area contributed by atoms with E-state index in [1.165, 1.54) is 0 Å². The summed E-state index contributed by atoms with van der Waals surface area (Å²) in [5.74, 6) is -0.594. The van der Waals surface area contributed by atoms with Crippen molar-refractivity contribution in [3.8, 4) is 0 Å². The van der Waals surface area contributed by atoms with Gasteiger partial charge in [-0.25, -0.2) is 4.79 Å². The first-order chi connectivity index (χ1) is 9.58. The molecule has 0 radical (unpaired) electrons. The van der Waals surface area contributed by atoms with Gasteiger partial charge in [0.1, 0.15) is 6.04 Å². The topological polar surface area (TPSA) is 99.8 Å². The van der Waals surface area contributed by atoms with Crippen molar-refractivity contribution in [3.63, 3.8) is 0 Å². The molecule has 0 aromatic rings. The van der Waals surface area contributed by atoms with Crippen LogP contribution in [0, 0.1) is 0 Å². The van der Waals surface area contributed by atoms with Crippen molar-refractivity contribution in [2.75, 3.05) is 39.3 Å². The van der Waals surface area contributed by atoms with Gasteiger partial charge in [0.05, 0.1) is 13.2 Å². The summed E-state index contributed by atoms with van der Waals surface area (Å²) in [4.78, 5) is 36.5. The van der Waals surface area contributed by atoms with Crippen LogP contribution in [0.4, 0.5) is 4.79 Å². The van der Waals surface area contributed by atoms with E-state index in [-0.39, 0.29) is 19.1 Å². The molecule has 0 aromatic heterocycles. The van der Waals surface area contributed by atoms with Gasteiger partial charge in [-0.2, -0.15) is 0 Å². The number of alkyl carbamates (subject to hydrolysis) is 1. The van der Waals surface area contributed by atoms with Crippen LogP contribution in [0.15, 0.2) is 0 Å². The van der Waals surface area contributed by atoms with Crippen molar-refractivity contribution >= 4 is 17.9 Å². The molecule has 1 unspecified atom stereocenters. The molecule has 0 aliphatic carbocycles. The number of rotatable bonds is 5. The van der Waals surface area contributed by atoms with Gasteiger partial charge in [0, 0.05) is 26.2 Å². The third-order valence-corrected chi connectivity index (χ3v) is 2.87. The average Bonchev–Trinajstić information content (AvgIpc) is 2.39. The number of carbonyl (C=O) groups excluding carboxylic acids is 3. The first-order valence-corrected chi connectivity index (χ1v) is 6.77. The highest BCUT2D eigenvalue weighted by Crippen LogP contribution is 2.03. The number of hydrogen-bond acceptors (Lipinski definition) is 6. The SMILES string of the molecule is CCNC(=O)C1CNCCN1CC(=O)NC(=O)OCC. The molecule has 114 valence electrons. The number of hydrogen-bond donors (Lipinski definition) is 3. The fourth-order valence-electron chi connectivity index (χ4n) is 1.99. The lowest BCUT2D eigenvalue weighted by Gasteiger charge is -2.34. The number of nitrogens with one attached hydrogen (secondary N) is 3. The highest BCUT2D eigenvalue weighted by molar-refractivity contribution is 5.93. The number of carbonyl (C=O) groups is 3. The Morgan fingerprint density at radius 2 is 2.10 bits per heavy atom. The minimum absolute atomic E-state index is 0.0116. The zero-order valence-electron chi connectivity index (χ0n) is 11.9. The molecule has 1 saturated heterocycles. The molecule has 1 fully saturated rings. The molecule has 3 amide bonds. The van der Waals surface area contributed by atoms with Crippen LogP contribution in [0.5, 0.6) is 0 Å². The maximum absolute atomic E-state index is 11.9. The number of amides is 3. The molecule has 0 bridgehead atoms. The van der Waals surface area contributed by atoms with Gasteiger partial charge >= 0.3 is 6.09 Å². The van der Waals surface area contributed by atoms with E-state index in [1.54, 1.807) is 11.8 Å². The summed E-state index contributed by atoms with van der Waals surface area (Å²) >= 11 is 0. The summed E-state index contributed by atoms with van der Waals surface area (Å²) in [5, 5.41) is 7.97. The summed E-state index contributed by atoms with van der Waals surface area (Å²) in [6, 6.07) is -0.406. The summed E-state index contributed by atoms with van der Waals surface area (Å²) in [5.41, 5.74) is 0. The normalized spacial score (nSPS) is 19.2. The number of imide groups is 1. The maximum Gasteiger partial charge on any atom is 0.413 e. The molecular weight excluding hydrogens is 264 g/mol. The van der Waals surface area contributed by atoms with E-state index >= 15 is 0 Å². The summed E-state index contributed by atoms with van der Waals surface area (Å²) in [7, 11) is 0. The Hall–Kier alpha value is -1.67. The Morgan fingerprint density at radius 3 is 2.75 bits per heavy atom. The summed E-state index contributed by atoms with van der Waals surface area (Å²) in [6.07, 6.45) is -0.762. The van der Waals surface area contributed by atoms with Gasteiger partial charge in [-0.1, -0.05) is 0 Å². The predicted octanol–water partition coefficient (Wildman–Crippen LogP) is -1.33. The predicted molar refractivity (Wildman–Crippen MR) is 72.1 cm³/mol. The van der Waals surface area contributed by atoms with Crippen molar-refractivity contribution in [2.45, 2.75) is 19.9 Å². The summed E-state index contributed by atoms with van der Waals surface area (Å²) in [6.45, 7) is 5.98. The van der Waals surface area contributed by atoms with Crippen molar-refractivity contribution in [1.82, 2.24) is 20.9 Å². The third-order valence-electron chi connectivity index (χ3n) is 2.87. The second-order valence-electron chi connectivity index (χ2n) is 4.35. The van der Waals surface area contributed by atoms with E-state index < -0.39 is 18.0 Å². The van der Waals surface area contributed by atoms with Crippen LogP contribution in [0.1, 0.15) is 13.8 Å². The molecule has 1 rings (SSSR count). The van der Waals surface area contributed by atoms with Crippen LogP contribution in [0.25, 0.3) is 0 Å². The zero-order valence-corrected chi connectivity index (χ0v) is 11.9. The van der Waals surface area contributed by atoms with Gasteiger partial charge in [-0.3, -0.25) is 19.8 Å². The fourth-order valence-corrected chi connectivity index (χ4v) is 1.99. The lowest BCUT2D eigenvalue weighted by atomic mass is 10.1. The monoisotopic (exact) mass is 286 g/mol. The van der Waals surface area contributed by atoms with Crippen molar-refractivity contribution in [3.05, 3.63) is 0 Å². The zero-order chi connectivity index (χ0) is 15.0. The van der Waals surface area contributed by atoms with Crippen LogP contribution in [0.2, 0.25) is 0 Å². The first-order valence-electron chi connectivity index (χ1n) is 6.77. The molecule has 0 saturated carbocycles. The smallest absolute Gasteiger partial charge is 0.413 e. The second-order valence-corrected chi connectivity index (χ2v) is 4.35. The van der Waals surface area contributed by atoms with Gasteiger partial charge in [0.15, 0.2) is 0 Å². The largest absolute Gasteiger partial charge is 0.450 e. The quantitative estimate of drug-likeness (QED) is 0.579. The molecule has 8 heteroatoms. The van der Waals surface area contributed by atoms with Crippen LogP contribution >= 0.6 is 0 Å². The Labute approximate surface area is 118 Å². The van der Waals surface area contributed by atoms with Crippen LogP contribution in [-0.4, -0.2) is 68.2 Å². The van der Waals surface area contributed by atoms with Crippen LogP contribution < -0.4 is 16.0 Å². The Bertz CT molecular complexity index is 361. The number of piperazine rings is 1. The van der Waals surface area contributed by atoms with Gasteiger partial charge in [0.2, 0.25) is 11.8 Å². The molecule has 1 heterocycles. The lowest BCUT2D eigenvalue weighted by Crippen LogP contribution is -2.59. The average molecular weight is 286 g/mol. The lowest BCUT2D eigenvalue weighted by molar-refractivity contribution is -0.129. The van der Waals surface area contributed by atoms with Gasteiger partial charge in [-0.15, -0.1) is 0 Å². The van der Waals surface area contributed by atoms with Crippen molar-refractivity contribution < 1.29 is 19.1 Å². The number of nitrogens with zero attached hydrogens (tertiary/aromatic N) is 1. The Kier molecular flexibility index (Phi) is 6.96. The molecule has 1 atom stereocenters. The molecule has 20 heavy (non-hydrogen) atoms. The second kappa shape index (κ2) is 8.49. The van der Waals surface area contributed by atoms with E-state index in [1.807, 2.05) is 6.92 Å². The minimum Gasteiger partial charge on any atom is -0.450 e. The standard InChI is InChI=1S/C12H22N4O4/c1-3-14-11(18)9-7-13-5-6-16(9)8-10(17)15-12(19)20-4-2/h9,13H,3-8H2,1-2H3,(H,14,18)(H,15,17,19). The summed E-state index contributed by atoms with van der Waals surface area (Å²) < 4.78 is 4.63. The molecule has 3 N–H and O–H groups in total. The highest BCUT2D eigenvalue weighted by atomic mass is 16.5. The highest BCUT2D eigenvalue weighted by Gasteiger charge is 2.29. The fraction of sp³-hybridized carbons (Fsp3) is 0.750. The minimum atomic E-state index is -0.762. The van der Waals surface area contributed by atoms with E-state index in [0.717, 1.165) is 0 Å².